The van der Waals surface area contributed by atoms with Gasteiger partial charge in [-0.25, -0.2) is 0 Å². The van der Waals surface area contributed by atoms with E-state index < -0.39 is 5.97 Å². The van der Waals surface area contributed by atoms with Gasteiger partial charge in [0.25, 0.3) is 0 Å². The van der Waals surface area contributed by atoms with E-state index in [1.165, 1.54) is 0 Å². The Balaban J connectivity index is 0.00000121. The molecule has 2 nitrogen and oxygen atoms in total. The zero-order valence-electron chi connectivity index (χ0n) is 5.82. The van der Waals surface area contributed by atoms with E-state index in [4.69, 9.17) is 5.11 Å². The van der Waals surface area contributed by atoms with E-state index in [1.54, 1.807) is 24.3 Å². The second-order valence-corrected chi connectivity index (χ2v) is 2.75. The van der Waals surface area contributed by atoms with Gasteiger partial charge in [0.2, 0.25) is 0 Å². The Morgan fingerprint density at radius 2 is 1.83 bits per heavy atom. The van der Waals surface area contributed by atoms with Gasteiger partial charge < -0.3 is 5.11 Å². The lowest BCUT2D eigenvalue weighted by molar-refractivity contribution is -0.136. The number of hydrogen-bond donors (Lipinski definition) is 2. The fourth-order valence-electron chi connectivity index (χ4n) is 0.788. The lowest BCUT2D eigenvalue weighted by atomic mass is 10.2. The van der Waals surface area contributed by atoms with Gasteiger partial charge >= 0.3 is 5.97 Å². The Morgan fingerprint density at radius 1 is 1.33 bits per heavy atom. The van der Waals surface area contributed by atoms with Crippen molar-refractivity contribution in [2.45, 2.75) is 18.7 Å². The van der Waals surface area contributed by atoms with E-state index in [2.05, 4.69) is 12.6 Å². The highest BCUT2D eigenvalue weighted by atomic mass is 32.1. The minimum Gasteiger partial charge on any atom is -0.481 e. The third kappa shape index (κ3) is 3.44. The Kier molecular flexibility index (Phi) is 4.44. The fraction of sp³-hybridized carbons (Fsp3) is 0.222. The first-order valence-corrected chi connectivity index (χ1v) is 3.63. The molecular weight excluding hydrogens is 172 g/mol. The van der Waals surface area contributed by atoms with Gasteiger partial charge in [0.05, 0.1) is 6.42 Å². The molecule has 0 heterocycles. The van der Waals surface area contributed by atoms with Gasteiger partial charge in [0, 0.05) is 4.90 Å². The van der Waals surface area contributed by atoms with Crippen LogP contribution in [0.5, 0.6) is 0 Å². The molecule has 1 rings (SSSR count). The first kappa shape index (κ1) is 11.0. The van der Waals surface area contributed by atoms with Crippen molar-refractivity contribution in [3.63, 3.8) is 0 Å². The molecule has 1 aromatic carbocycles. The van der Waals surface area contributed by atoms with E-state index in [0.717, 1.165) is 10.5 Å². The molecule has 66 valence electrons. The molecule has 0 atom stereocenters. The van der Waals surface area contributed by atoms with Crippen LogP contribution in [0.3, 0.4) is 0 Å². The second kappa shape index (κ2) is 4.83. The number of benzene rings is 1. The molecule has 0 aliphatic rings. The topological polar surface area (TPSA) is 37.3 Å². The molecule has 3 heteroatoms. The highest BCUT2D eigenvalue weighted by Crippen LogP contribution is 2.07. The van der Waals surface area contributed by atoms with Crippen molar-refractivity contribution >= 4 is 18.6 Å². The van der Waals surface area contributed by atoms with Gasteiger partial charge in [-0.2, -0.15) is 0 Å². The third-order valence-electron chi connectivity index (χ3n) is 1.29. The summed E-state index contributed by atoms with van der Waals surface area (Å²) in [6, 6.07) is 7.08. The Bertz CT molecular complexity index is 254. The third-order valence-corrected chi connectivity index (χ3v) is 1.59. The number of rotatable bonds is 2. The molecule has 1 aromatic rings. The molecule has 0 aliphatic heterocycles. The summed E-state index contributed by atoms with van der Waals surface area (Å²) in [4.78, 5) is 11.1. The van der Waals surface area contributed by atoms with Gasteiger partial charge in [-0.1, -0.05) is 19.6 Å². The van der Waals surface area contributed by atoms with E-state index in [1.807, 2.05) is 0 Å². The quantitative estimate of drug-likeness (QED) is 0.692. The first-order chi connectivity index (χ1) is 5.18. The van der Waals surface area contributed by atoms with E-state index >= 15 is 0 Å². The standard InChI is InChI=1S/C8H8O2S.CH4/c9-8(10)5-6-1-3-7(11)4-2-6;/h1-4,11H,5H2,(H,9,10);1H4. The van der Waals surface area contributed by atoms with Crippen LogP contribution in [0.15, 0.2) is 29.2 Å². The number of thiol groups is 1. The molecule has 0 aliphatic carbocycles. The molecule has 0 fully saturated rings. The molecule has 0 saturated heterocycles. The van der Waals surface area contributed by atoms with Crippen LogP contribution in [0.2, 0.25) is 0 Å². The van der Waals surface area contributed by atoms with Crippen LogP contribution >= 0.6 is 12.6 Å². The molecular formula is C9H12O2S. The summed E-state index contributed by atoms with van der Waals surface area (Å²) in [7, 11) is 0. The van der Waals surface area contributed by atoms with Crippen molar-refractivity contribution < 1.29 is 9.90 Å². The number of carbonyl (C=O) groups is 1. The SMILES string of the molecule is C.O=C(O)Cc1ccc(S)cc1. The summed E-state index contributed by atoms with van der Waals surface area (Å²) in [6.45, 7) is 0. The van der Waals surface area contributed by atoms with Gasteiger partial charge in [-0.05, 0) is 17.7 Å². The lowest BCUT2D eigenvalue weighted by Crippen LogP contribution is -1.99. The predicted octanol–water partition coefficient (Wildman–Crippen LogP) is 2.24. The number of hydrogen-bond acceptors (Lipinski definition) is 2. The average Bonchev–Trinajstić information content (AvgIpc) is 1.93. The van der Waals surface area contributed by atoms with Crippen molar-refractivity contribution in [2.75, 3.05) is 0 Å². The monoisotopic (exact) mass is 184 g/mol. The second-order valence-electron chi connectivity index (χ2n) is 2.24. The molecule has 0 radical (unpaired) electrons. The predicted molar refractivity (Wildman–Crippen MR) is 51.8 cm³/mol. The number of carboxylic acid groups (broad SMARTS) is 1. The Morgan fingerprint density at radius 3 is 2.25 bits per heavy atom. The molecule has 0 bridgehead atoms. The van der Waals surface area contributed by atoms with E-state index in [0.29, 0.717) is 0 Å². The summed E-state index contributed by atoms with van der Waals surface area (Å²) in [5.74, 6) is -0.808. The van der Waals surface area contributed by atoms with Crippen molar-refractivity contribution in [2.24, 2.45) is 0 Å². The molecule has 12 heavy (non-hydrogen) atoms. The minimum absolute atomic E-state index is 0. The smallest absolute Gasteiger partial charge is 0.307 e. The zero-order valence-corrected chi connectivity index (χ0v) is 6.71. The molecule has 1 N–H and O–H groups in total. The zero-order chi connectivity index (χ0) is 8.27. The van der Waals surface area contributed by atoms with Crippen LogP contribution in [0.4, 0.5) is 0 Å². The Labute approximate surface area is 77.6 Å². The maximum atomic E-state index is 10.2. The average molecular weight is 184 g/mol. The fourth-order valence-corrected chi connectivity index (χ4v) is 0.937. The number of carboxylic acids is 1. The van der Waals surface area contributed by atoms with Crippen LogP contribution in [0.1, 0.15) is 13.0 Å². The largest absolute Gasteiger partial charge is 0.481 e. The first-order valence-electron chi connectivity index (χ1n) is 3.18. The van der Waals surface area contributed by atoms with Crippen molar-refractivity contribution in [3.05, 3.63) is 29.8 Å². The van der Waals surface area contributed by atoms with Crippen molar-refractivity contribution in [1.82, 2.24) is 0 Å². The van der Waals surface area contributed by atoms with E-state index in [9.17, 15) is 4.79 Å². The van der Waals surface area contributed by atoms with Crippen LogP contribution < -0.4 is 0 Å². The summed E-state index contributed by atoms with van der Waals surface area (Å²) < 4.78 is 0. The lowest BCUT2D eigenvalue weighted by Gasteiger charge is -1.95. The molecule has 0 saturated carbocycles. The van der Waals surface area contributed by atoms with Gasteiger partial charge in [0.15, 0.2) is 0 Å². The highest BCUT2D eigenvalue weighted by Gasteiger charge is 1.98. The van der Waals surface area contributed by atoms with E-state index in [-0.39, 0.29) is 13.8 Å². The van der Waals surface area contributed by atoms with Gasteiger partial charge in [-0.3, -0.25) is 4.79 Å². The van der Waals surface area contributed by atoms with Crippen LogP contribution in [0, 0.1) is 0 Å². The maximum Gasteiger partial charge on any atom is 0.307 e. The maximum absolute atomic E-state index is 10.2. The molecule has 0 unspecified atom stereocenters. The highest BCUT2D eigenvalue weighted by molar-refractivity contribution is 7.80. The minimum atomic E-state index is -0.808. The Hall–Kier alpha value is -0.960. The number of aliphatic carboxylic acids is 1. The normalized spacial score (nSPS) is 8.75. The van der Waals surface area contributed by atoms with Crippen LogP contribution in [0.25, 0.3) is 0 Å². The summed E-state index contributed by atoms with van der Waals surface area (Å²) in [6.07, 6.45) is 0.0774. The van der Waals surface area contributed by atoms with Crippen molar-refractivity contribution in [1.29, 1.82) is 0 Å². The van der Waals surface area contributed by atoms with Gasteiger partial charge in [0.1, 0.15) is 0 Å². The molecule has 0 spiro atoms. The van der Waals surface area contributed by atoms with Crippen molar-refractivity contribution in [3.8, 4) is 0 Å². The summed E-state index contributed by atoms with van der Waals surface area (Å²) in [5.41, 5.74) is 0.801. The summed E-state index contributed by atoms with van der Waals surface area (Å²) in [5, 5.41) is 8.42. The molecule has 0 amide bonds. The van der Waals surface area contributed by atoms with Crippen LogP contribution in [-0.4, -0.2) is 11.1 Å². The van der Waals surface area contributed by atoms with Gasteiger partial charge in [-0.15, -0.1) is 12.6 Å². The molecule has 0 aromatic heterocycles. The summed E-state index contributed by atoms with van der Waals surface area (Å²) >= 11 is 4.07. The van der Waals surface area contributed by atoms with Crippen LogP contribution in [-0.2, 0) is 11.2 Å².